The third-order valence-electron chi connectivity index (χ3n) is 6.33. The largest absolute Gasteiger partial charge is 0.366 e. The van der Waals surface area contributed by atoms with Gasteiger partial charge in [-0.2, -0.15) is 10.2 Å². The molecule has 8 heteroatoms. The number of carbonyl (C=O) groups is 1. The highest BCUT2D eigenvalue weighted by molar-refractivity contribution is 6.00. The van der Waals surface area contributed by atoms with Gasteiger partial charge < -0.3 is 5.73 Å². The van der Waals surface area contributed by atoms with Crippen LogP contribution in [-0.4, -0.2) is 49.3 Å². The average molecular weight is 438 g/mol. The summed E-state index contributed by atoms with van der Waals surface area (Å²) in [6.45, 7) is 3.01. The van der Waals surface area contributed by atoms with Gasteiger partial charge in [0.05, 0.1) is 17.8 Å². The zero-order valence-corrected chi connectivity index (χ0v) is 18.0. The van der Waals surface area contributed by atoms with Crippen molar-refractivity contribution in [2.24, 2.45) is 5.73 Å². The standard InChI is InChI=1S/C25H23N7O/c26-24(33)18-6-4-15-11-17(5-3-16(15)12-18)23-20-13-19(7-8-21(20)28-30-23)25-27-22(29-31-25)14-32-9-1-2-10-32/h3-8,11-13H,1-2,9-10,14H2,(H2,26,33)(H,28,30)(H,27,29,31). The number of hydrogen-bond acceptors (Lipinski definition) is 5. The molecule has 3 heterocycles. The summed E-state index contributed by atoms with van der Waals surface area (Å²) in [4.78, 5) is 18.6. The van der Waals surface area contributed by atoms with E-state index in [4.69, 9.17) is 10.7 Å². The molecule has 0 aliphatic carbocycles. The van der Waals surface area contributed by atoms with Gasteiger partial charge in [-0.05, 0) is 73.1 Å². The molecule has 1 aliphatic heterocycles. The first-order valence-corrected chi connectivity index (χ1v) is 11.1. The molecule has 5 aromatic rings. The van der Waals surface area contributed by atoms with Crippen molar-refractivity contribution in [3.8, 4) is 22.6 Å². The summed E-state index contributed by atoms with van der Waals surface area (Å²) < 4.78 is 0. The Balaban J connectivity index is 1.35. The van der Waals surface area contributed by atoms with Crippen LogP contribution in [0.3, 0.4) is 0 Å². The molecule has 2 aromatic heterocycles. The van der Waals surface area contributed by atoms with Crippen molar-refractivity contribution in [2.75, 3.05) is 13.1 Å². The van der Waals surface area contributed by atoms with E-state index < -0.39 is 5.91 Å². The minimum atomic E-state index is -0.428. The van der Waals surface area contributed by atoms with Gasteiger partial charge in [0.25, 0.3) is 0 Å². The lowest BCUT2D eigenvalue weighted by Crippen LogP contribution is -2.19. The second-order valence-electron chi connectivity index (χ2n) is 8.56. The van der Waals surface area contributed by atoms with E-state index >= 15 is 0 Å². The van der Waals surface area contributed by atoms with E-state index in [2.05, 4.69) is 37.4 Å². The lowest BCUT2D eigenvalue weighted by atomic mass is 10.0. The Kier molecular flexibility index (Phi) is 4.66. The van der Waals surface area contributed by atoms with Gasteiger partial charge in [0.15, 0.2) is 11.6 Å². The highest BCUT2D eigenvalue weighted by Crippen LogP contribution is 2.31. The number of aromatic amines is 2. The molecular formula is C25H23N7O. The number of primary amides is 1. The van der Waals surface area contributed by atoms with Crippen LogP contribution in [-0.2, 0) is 6.54 Å². The molecule has 0 unspecified atom stereocenters. The number of nitrogens with two attached hydrogens (primary N) is 1. The fourth-order valence-electron chi connectivity index (χ4n) is 4.56. The van der Waals surface area contributed by atoms with Crippen LogP contribution < -0.4 is 5.73 Å². The van der Waals surface area contributed by atoms with Gasteiger partial charge in [0, 0.05) is 22.1 Å². The van der Waals surface area contributed by atoms with Crippen molar-refractivity contribution < 1.29 is 4.79 Å². The number of hydrogen-bond donors (Lipinski definition) is 3. The molecule has 0 atom stereocenters. The number of H-pyrrole nitrogens is 2. The van der Waals surface area contributed by atoms with Crippen LogP contribution in [0.1, 0.15) is 29.0 Å². The Hall–Kier alpha value is -4.04. The number of carbonyl (C=O) groups excluding carboxylic acids is 1. The van der Waals surface area contributed by atoms with Crippen molar-refractivity contribution in [3.63, 3.8) is 0 Å². The normalized spacial score (nSPS) is 14.4. The molecule has 0 radical (unpaired) electrons. The second kappa shape index (κ2) is 7.83. The Morgan fingerprint density at radius 3 is 2.55 bits per heavy atom. The quantitative estimate of drug-likeness (QED) is 0.386. The van der Waals surface area contributed by atoms with Gasteiger partial charge >= 0.3 is 0 Å². The SMILES string of the molecule is NC(=O)c1ccc2cc(-c3n[nH]c4ccc(-c5nc(CN6CCCC6)n[nH]5)cc34)ccc2c1. The highest BCUT2D eigenvalue weighted by atomic mass is 16.1. The number of aromatic nitrogens is 5. The summed E-state index contributed by atoms with van der Waals surface area (Å²) in [7, 11) is 0. The molecule has 3 aromatic carbocycles. The van der Waals surface area contributed by atoms with Crippen LogP contribution in [0.4, 0.5) is 0 Å². The van der Waals surface area contributed by atoms with Crippen molar-refractivity contribution in [3.05, 3.63) is 66.0 Å². The van der Waals surface area contributed by atoms with Crippen molar-refractivity contribution in [2.45, 2.75) is 19.4 Å². The van der Waals surface area contributed by atoms with Crippen molar-refractivity contribution in [1.29, 1.82) is 0 Å². The van der Waals surface area contributed by atoms with Crippen LogP contribution in [0.15, 0.2) is 54.6 Å². The Labute approximate surface area is 189 Å². The highest BCUT2D eigenvalue weighted by Gasteiger charge is 2.16. The maximum Gasteiger partial charge on any atom is 0.248 e. The minimum absolute atomic E-state index is 0.428. The topological polar surface area (TPSA) is 117 Å². The average Bonchev–Trinajstić information content (AvgIpc) is 3.59. The summed E-state index contributed by atoms with van der Waals surface area (Å²) in [5, 5.41) is 18.2. The number of fused-ring (bicyclic) bond motifs is 2. The summed E-state index contributed by atoms with van der Waals surface area (Å²) in [6.07, 6.45) is 2.50. The number of rotatable bonds is 5. The Morgan fingerprint density at radius 2 is 1.70 bits per heavy atom. The molecule has 4 N–H and O–H groups in total. The van der Waals surface area contributed by atoms with Gasteiger partial charge in [-0.1, -0.05) is 18.2 Å². The van der Waals surface area contributed by atoms with E-state index in [-0.39, 0.29) is 0 Å². The van der Waals surface area contributed by atoms with Gasteiger partial charge in [-0.15, -0.1) is 0 Å². The molecular weight excluding hydrogens is 414 g/mol. The number of nitrogens with one attached hydrogen (secondary N) is 2. The molecule has 1 fully saturated rings. The van der Waals surface area contributed by atoms with E-state index in [9.17, 15) is 4.79 Å². The van der Waals surface area contributed by atoms with Crippen molar-refractivity contribution in [1.82, 2.24) is 30.3 Å². The number of nitrogens with zero attached hydrogens (tertiary/aromatic N) is 4. The fourth-order valence-corrected chi connectivity index (χ4v) is 4.56. The van der Waals surface area contributed by atoms with E-state index in [1.807, 2.05) is 36.4 Å². The first-order valence-electron chi connectivity index (χ1n) is 11.1. The lowest BCUT2D eigenvalue weighted by molar-refractivity contribution is 0.100. The maximum atomic E-state index is 11.5. The van der Waals surface area contributed by atoms with Crippen LogP contribution in [0.5, 0.6) is 0 Å². The first-order chi connectivity index (χ1) is 16.1. The van der Waals surface area contributed by atoms with Crippen molar-refractivity contribution >= 4 is 27.6 Å². The summed E-state index contributed by atoms with van der Waals surface area (Å²) in [6, 6.07) is 17.7. The third-order valence-corrected chi connectivity index (χ3v) is 6.33. The predicted molar refractivity (Wildman–Crippen MR) is 127 cm³/mol. The van der Waals surface area contributed by atoms with Crippen LogP contribution >= 0.6 is 0 Å². The number of amides is 1. The zero-order valence-electron chi connectivity index (χ0n) is 18.0. The monoisotopic (exact) mass is 437 g/mol. The first kappa shape index (κ1) is 19.6. The van der Waals surface area contributed by atoms with Gasteiger partial charge in [-0.3, -0.25) is 19.9 Å². The number of benzene rings is 3. The molecule has 0 bridgehead atoms. The summed E-state index contributed by atoms with van der Waals surface area (Å²) >= 11 is 0. The van der Waals surface area contributed by atoms with E-state index in [0.717, 1.165) is 69.8 Å². The van der Waals surface area contributed by atoms with Gasteiger partial charge in [0.2, 0.25) is 5.91 Å². The van der Waals surface area contributed by atoms with E-state index in [1.54, 1.807) is 6.07 Å². The summed E-state index contributed by atoms with van der Waals surface area (Å²) in [5.41, 5.74) is 9.69. The fraction of sp³-hybridized carbons (Fsp3) is 0.200. The maximum absolute atomic E-state index is 11.5. The van der Waals surface area contributed by atoms with Gasteiger partial charge in [0.1, 0.15) is 0 Å². The molecule has 164 valence electrons. The molecule has 6 rings (SSSR count). The van der Waals surface area contributed by atoms with Crippen LogP contribution in [0.2, 0.25) is 0 Å². The molecule has 33 heavy (non-hydrogen) atoms. The Morgan fingerprint density at radius 1 is 0.909 bits per heavy atom. The van der Waals surface area contributed by atoms with E-state index in [0.29, 0.717) is 5.56 Å². The number of likely N-dealkylation sites (tertiary alicyclic amines) is 1. The molecule has 1 saturated heterocycles. The second-order valence-corrected chi connectivity index (χ2v) is 8.56. The minimum Gasteiger partial charge on any atom is -0.366 e. The summed E-state index contributed by atoms with van der Waals surface area (Å²) in [5.74, 6) is 1.16. The molecule has 1 amide bonds. The smallest absolute Gasteiger partial charge is 0.248 e. The lowest BCUT2D eigenvalue weighted by Gasteiger charge is -2.10. The molecule has 0 saturated carbocycles. The molecule has 1 aliphatic rings. The predicted octanol–water partition coefficient (Wildman–Crippen LogP) is 3.86. The van der Waals surface area contributed by atoms with Crippen LogP contribution in [0.25, 0.3) is 44.3 Å². The zero-order chi connectivity index (χ0) is 22.4. The van der Waals surface area contributed by atoms with Crippen LogP contribution in [0, 0.1) is 0 Å². The molecule has 8 nitrogen and oxygen atoms in total. The third kappa shape index (κ3) is 3.64. The molecule has 0 spiro atoms. The van der Waals surface area contributed by atoms with Gasteiger partial charge in [-0.25, -0.2) is 4.98 Å². The Bertz CT molecular complexity index is 1490. The van der Waals surface area contributed by atoms with E-state index in [1.165, 1.54) is 12.8 Å².